The number of nitrogens with two attached hydrogens (primary N) is 1. The largest absolute Gasteiger partial charge is 0.398 e. The lowest BCUT2D eigenvalue weighted by molar-refractivity contribution is 0.586. The van der Waals surface area contributed by atoms with E-state index in [0.29, 0.717) is 5.56 Å². The molecule has 0 saturated carbocycles. The Balaban J connectivity index is 3.08. The highest BCUT2D eigenvalue weighted by Gasteiger charge is 2.17. The highest BCUT2D eigenvalue weighted by Crippen LogP contribution is 2.19. The molecule has 0 amide bonds. The number of nitrogens with zero attached hydrogens (tertiary/aromatic N) is 1. The molecule has 0 saturated heterocycles. The van der Waals surface area contributed by atoms with Crippen LogP contribution in [-0.2, 0) is 10.0 Å². The number of benzene rings is 1. The van der Waals surface area contributed by atoms with E-state index < -0.39 is 10.0 Å². The van der Waals surface area contributed by atoms with Crippen LogP contribution in [0.1, 0.15) is 5.56 Å². The minimum atomic E-state index is -3.74. The van der Waals surface area contributed by atoms with Gasteiger partial charge in [0.15, 0.2) is 0 Å². The Labute approximate surface area is 105 Å². The lowest BCUT2D eigenvalue weighted by Gasteiger charge is -2.08. The van der Waals surface area contributed by atoms with Gasteiger partial charge in [0.25, 0.3) is 0 Å². The van der Waals surface area contributed by atoms with E-state index in [1.165, 1.54) is 18.2 Å². The Morgan fingerprint density at radius 3 is 2.71 bits per heavy atom. The standard InChI is InChI=1S/C10H10ClN3O2S/c1-7(11)6-14-17(15,16)10-3-2-8(5-12)4-9(10)13/h2-4,14H,1,6,13H2. The van der Waals surface area contributed by atoms with Gasteiger partial charge in [0.05, 0.1) is 17.3 Å². The fourth-order valence-corrected chi connectivity index (χ4v) is 2.40. The third-order valence-corrected chi connectivity index (χ3v) is 3.49. The zero-order chi connectivity index (χ0) is 13.1. The second kappa shape index (κ2) is 5.19. The summed E-state index contributed by atoms with van der Waals surface area (Å²) >= 11 is 5.46. The number of nitriles is 1. The smallest absolute Gasteiger partial charge is 0.242 e. The van der Waals surface area contributed by atoms with Crippen molar-refractivity contribution in [2.24, 2.45) is 0 Å². The summed E-state index contributed by atoms with van der Waals surface area (Å²) in [6.45, 7) is 3.29. The number of nitrogens with one attached hydrogen (secondary N) is 1. The summed E-state index contributed by atoms with van der Waals surface area (Å²) in [5, 5.41) is 8.80. The van der Waals surface area contributed by atoms with Crippen molar-refractivity contribution in [3.8, 4) is 6.07 Å². The molecule has 0 radical (unpaired) electrons. The third kappa shape index (κ3) is 3.46. The first-order valence-electron chi connectivity index (χ1n) is 4.49. The van der Waals surface area contributed by atoms with Gasteiger partial charge in [-0.1, -0.05) is 18.2 Å². The molecule has 0 aliphatic heterocycles. The van der Waals surface area contributed by atoms with Crippen LogP contribution < -0.4 is 10.5 Å². The van der Waals surface area contributed by atoms with E-state index in [1.807, 2.05) is 6.07 Å². The van der Waals surface area contributed by atoms with E-state index >= 15 is 0 Å². The van der Waals surface area contributed by atoms with Gasteiger partial charge in [-0.15, -0.1) is 0 Å². The molecule has 5 nitrogen and oxygen atoms in total. The van der Waals surface area contributed by atoms with Crippen LogP contribution in [0.2, 0.25) is 0 Å². The summed E-state index contributed by atoms with van der Waals surface area (Å²) in [5.41, 5.74) is 5.87. The topological polar surface area (TPSA) is 96.0 Å². The molecule has 0 fully saturated rings. The lowest BCUT2D eigenvalue weighted by Crippen LogP contribution is -2.25. The van der Waals surface area contributed by atoms with Crippen molar-refractivity contribution >= 4 is 27.3 Å². The molecule has 0 aliphatic carbocycles. The molecule has 0 spiro atoms. The number of sulfonamides is 1. The Hall–Kier alpha value is -1.55. The van der Waals surface area contributed by atoms with Crippen molar-refractivity contribution in [3.63, 3.8) is 0 Å². The first kappa shape index (κ1) is 13.5. The maximum Gasteiger partial charge on any atom is 0.242 e. The Morgan fingerprint density at radius 2 is 2.24 bits per heavy atom. The second-order valence-corrected chi connectivity index (χ2v) is 5.48. The predicted molar refractivity (Wildman–Crippen MR) is 65.8 cm³/mol. The fraction of sp³-hybridized carbons (Fsp3) is 0.100. The molecular formula is C10H10ClN3O2S. The Kier molecular flexibility index (Phi) is 4.12. The zero-order valence-corrected chi connectivity index (χ0v) is 10.3. The van der Waals surface area contributed by atoms with Gasteiger partial charge in [-0.2, -0.15) is 5.26 Å². The summed E-state index contributed by atoms with van der Waals surface area (Å²) in [6.07, 6.45) is 0. The molecule has 7 heteroatoms. The number of halogens is 1. The first-order chi connectivity index (χ1) is 7.86. The van der Waals surface area contributed by atoms with Crippen molar-refractivity contribution < 1.29 is 8.42 Å². The molecule has 17 heavy (non-hydrogen) atoms. The molecule has 0 aliphatic rings. The van der Waals surface area contributed by atoms with Gasteiger partial charge in [0, 0.05) is 11.6 Å². The third-order valence-electron chi connectivity index (χ3n) is 1.88. The number of nitrogen functional groups attached to an aromatic ring is 1. The maximum atomic E-state index is 11.8. The monoisotopic (exact) mass is 271 g/mol. The van der Waals surface area contributed by atoms with Crippen LogP contribution in [0.25, 0.3) is 0 Å². The highest BCUT2D eigenvalue weighted by molar-refractivity contribution is 7.89. The van der Waals surface area contributed by atoms with Crippen LogP contribution in [0.5, 0.6) is 0 Å². The first-order valence-corrected chi connectivity index (χ1v) is 6.35. The molecule has 1 aromatic carbocycles. The van der Waals surface area contributed by atoms with Gasteiger partial charge in [-0.3, -0.25) is 0 Å². The van der Waals surface area contributed by atoms with Crippen LogP contribution in [0, 0.1) is 11.3 Å². The minimum absolute atomic E-state index is 0.0109. The molecule has 3 N–H and O–H groups in total. The molecule has 90 valence electrons. The predicted octanol–water partition coefficient (Wildman–Crippen LogP) is 1.17. The average molecular weight is 272 g/mol. The van der Waals surface area contributed by atoms with Crippen LogP contribution in [-0.4, -0.2) is 15.0 Å². The summed E-state index contributed by atoms with van der Waals surface area (Å²) in [6, 6.07) is 5.81. The second-order valence-electron chi connectivity index (χ2n) is 3.21. The Bertz CT molecular complexity index is 590. The van der Waals surface area contributed by atoms with Crippen LogP contribution >= 0.6 is 11.6 Å². The number of anilines is 1. The minimum Gasteiger partial charge on any atom is -0.398 e. The molecule has 1 aromatic rings. The van der Waals surface area contributed by atoms with E-state index in [9.17, 15) is 8.42 Å². The van der Waals surface area contributed by atoms with Crippen molar-refractivity contribution in [1.29, 1.82) is 5.26 Å². The quantitative estimate of drug-likeness (QED) is 0.804. The van der Waals surface area contributed by atoms with Gasteiger partial charge >= 0.3 is 0 Å². The van der Waals surface area contributed by atoms with Gasteiger partial charge < -0.3 is 5.73 Å². The number of hydrogen-bond acceptors (Lipinski definition) is 4. The van der Waals surface area contributed by atoms with Crippen LogP contribution in [0.3, 0.4) is 0 Å². The van der Waals surface area contributed by atoms with Crippen LogP contribution in [0.4, 0.5) is 5.69 Å². The SMILES string of the molecule is C=C(Cl)CNS(=O)(=O)c1ccc(C#N)cc1N. The van der Waals surface area contributed by atoms with E-state index in [2.05, 4.69) is 11.3 Å². The van der Waals surface area contributed by atoms with Gasteiger partial charge in [-0.05, 0) is 18.2 Å². The molecule has 0 unspecified atom stereocenters. The summed E-state index contributed by atoms with van der Waals surface area (Å²) in [7, 11) is -3.74. The average Bonchev–Trinajstić information content (AvgIpc) is 2.26. The van der Waals surface area contributed by atoms with Crippen molar-refractivity contribution in [3.05, 3.63) is 35.4 Å². The maximum absolute atomic E-state index is 11.8. The van der Waals surface area contributed by atoms with Gasteiger partial charge in [0.1, 0.15) is 4.90 Å². The van der Waals surface area contributed by atoms with Crippen molar-refractivity contribution in [2.75, 3.05) is 12.3 Å². The molecule has 0 aromatic heterocycles. The highest BCUT2D eigenvalue weighted by atomic mass is 35.5. The molecule has 0 atom stereocenters. The summed E-state index contributed by atoms with van der Waals surface area (Å²) < 4.78 is 25.8. The van der Waals surface area contributed by atoms with Crippen LogP contribution in [0.15, 0.2) is 34.7 Å². The fourth-order valence-electron chi connectivity index (χ4n) is 1.11. The molecule has 1 rings (SSSR count). The van der Waals surface area contributed by atoms with Gasteiger partial charge in [0.2, 0.25) is 10.0 Å². The van der Waals surface area contributed by atoms with E-state index in [4.69, 9.17) is 22.6 Å². The molecule has 0 heterocycles. The summed E-state index contributed by atoms with van der Waals surface area (Å²) in [4.78, 5) is -0.0885. The zero-order valence-electron chi connectivity index (χ0n) is 8.77. The van der Waals surface area contributed by atoms with Crippen molar-refractivity contribution in [1.82, 2.24) is 4.72 Å². The number of hydrogen-bond donors (Lipinski definition) is 2. The summed E-state index contributed by atoms with van der Waals surface area (Å²) in [5.74, 6) is 0. The lowest BCUT2D eigenvalue weighted by atomic mass is 10.2. The molecule has 0 bridgehead atoms. The molecular weight excluding hydrogens is 262 g/mol. The normalized spacial score (nSPS) is 10.8. The number of rotatable bonds is 4. The van der Waals surface area contributed by atoms with E-state index in [1.54, 1.807) is 0 Å². The van der Waals surface area contributed by atoms with Gasteiger partial charge in [-0.25, -0.2) is 13.1 Å². The van der Waals surface area contributed by atoms with Crippen molar-refractivity contribution in [2.45, 2.75) is 4.90 Å². The van der Waals surface area contributed by atoms with E-state index in [-0.39, 0.29) is 22.2 Å². The Morgan fingerprint density at radius 1 is 1.59 bits per heavy atom. The van der Waals surface area contributed by atoms with E-state index in [0.717, 1.165) is 0 Å².